The van der Waals surface area contributed by atoms with Crippen LogP contribution >= 0.6 is 15.9 Å². The van der Waals surface area contributed by atoms with Gasteiger partial charge in [-0.2, -0.15) is 10.5 Å². The number of fused-ring (bicyclic) bond motifs is 2. The highest BCUT2D eigenvalue weighted by molar-refractivity contribution is 9.10. The van der Waals surface area contributed by atoms with Crippen LogP contribution in [0.25, 0.3) is 34.0 Å². The van der Waals surface area contributed by atoms with E-state index in [0.29, 0.717) is 56.2 Å². The Balaban J connectivity index is 1.50. The SMILES string of the molecule is CCCCN(C(=O)C(C#N)=Cc1cn(CC(=O)O)c2c(C(C(=O)O)n3cc(C=C(C#N)C(=O)Nc4ccccc4)c4cc(Br)ccc43)cccc12)c1ccccc1. The van der Waals surface area contributed by atoms with Gasteiger partial charge >= 0.3 is 11.9 Å². The summed E-state index contributed by atoms with van der Waals surface area (Å²) in [6.45, 7) is 1.82. The maximum Gasteiger partial charge on any atom is 0.331 e. The molecule has 6 rings (SSSR count). The van der Waals surface area contributed by atoms with Gasteiger partial charge in [-0.3, -0.25) is 14.4 Å². The first-order valence-corrected chi connectivity index (χ1v) is 18.7. The van der Waals surface area contributed by atoms with Gasteiger partial charge in [0.05, 0.1) is 5.52 Å². The van der Waals surface area contributed by atoms with E-state index in [9.17, 15) is 39.9 Å². The number of hydrogen-bond acceptors (Lipinski definition) is 6. The Bertz CT molecular complexity index is 2670. The van der Waals surface area contributed by atoms with E-state index in [0.717, 1.165) is 6.42 Å². The maximum absolute atomic E-state index is 13.9. The van der Waals surface area contributed by atoms with Gasteiger partial charge in [0.15, 0.2) is 6.04 Å². The molecule has 2 amide bonds. The van der Waals surface area contributed by atoms with Crippen LogP contribution in [-0.2, 0) is 25.7 Å². The third kappa shape index (κ3) is 8.54. The number of nitrogens with zero attached hydrogens (tertiary/aromatic N) is 5. The Kier molecular flexibility index (Phi) is 12.1. The monoisotopic (exact) mass is 822 g/mol. The van der Waals surface area contributed by atoms with Gasteiger partial charge in [-0.1, -0.05) is 83.9 Å². The molecular weight excluding hydrogens is 788 g/mol. The van der Waals surface area contributed by atoms with E-state index in [-0.39, 0.29) is 22.2 Å². The van der Waals surface area contributed by atoms with E-state index in [1.165, 1.54) is 38.6 Å². The number of nitriles is 2. The van der Waals surface area contributed by atoms with Gasteiger partial charge in [-0.25, -0.2) is 4.79 Å². The fraction of sp³-hybridized carbons (Fsp3) is 0.136. The molecule has 0 saturated heterocycles. The van der Waals surface area contributed by atoms with Gasteiger partial charge in [0.1, 0.15) is 29.8 Å². The molecule has 0 radical (unpaired) electrons. The van der Waals surface area contributed by atoms with Gasteiger partial charge in [-0.15, -0.1) is 0 Å². The number of para-hydroxylation sites is 3. The second kappa shape index (κ2) is 17.5. The molecule has 284 valence electrons. The number of aliphatic carboxylic acids is 2. The lowest BCUT2D eigenvalue weighted by atomic mass is 10.0. The van der Waals surface area contributed by atoms with Crippen molar-refractivity contribution in [3.8, 4) is 12.1 Å². The predicted octanol–water partition coefficient (Wildman–Crippen LogP) is 8.40. The molecule has 13 heteroatoms. The molecule has 0 aliphatic carbocycles. The largest absolute Gasteiger partial charge is 0.480 e. The number of hydrogen-bond donors (Lipinski definition) is 3. The van der Waals surface area contributed by atoms with Crippen molar-refractivity contribution in [2.75, 3.05) is 16.8 Å². The van der Waals surface area contributed by atoms with Gasteiger partial charge in [0.2, 0.25) is 0 Å². The van der Waals surface area contributed by atoms with Crippen molar-refractivity contribution in [3.05, 3.63) is 142 Å². The molecular formula is C44H35BrN6O6. The number of anilines is 2. The fourth-order valence-corrected chi connectivity index (χ4v) is 7.11. The summed E-state index contributed by atoms with van der Waals surface area (Å²) in [5.74, 6) is -3.66. The van der Waals surface area contributed by atoms with Gasteiger partial charge in [-0.05, 0) is 61.0 Å². The molecule has 3 N–H and O–H groups in total. The first-order chi connectivity index (χ1) is 27.5. The van der Waals surface area contributed by atoms with Crippen LogP contribution in [0.15, 0.2) is 125 Å². The summed E-state index contributed by atoms with van der Waals surface area (Å²) in [4.78, 5) is 54.3. The van der Waals surface area contributed by atoms with Crippen LogP contribution in [0.1, 0.15) is 42.5 Å². The van der Waals surface area contributed by atoms with E-state index in [2.05, 4.69) is 21.2 Å². The van der Waals surface area contributed by atoms with E-state index in [1.807, 2.05) is 25.1 Å². The topological polar surface area (TPSA) is 181 Å². The molecule has 0 fully saturated rings. The minimum Gasteiger partial charge on any atom is -0.480 e. The summed E-state index contributed by atoms with van der Waals surface area (Å²) in [6, 6.07) is 30.2. The van der Waals surface area contributed by atoms with E-state index in [1.54, 1.807) is 91.0 Å². The predicted molar refractivity (Wildman–Crippen MR) is 221 cm³/mol. The molecule has 12 nitrogen and oxygen atoms in total. The van der Waals surface area contributed by atoms with Crippen molar-refractivity contribution >= 4 is 85.0 Å². The van der Waals surface area contributed by atoms with Crippen molar-refractivity contribution in [3.63, 3.8) is 0 Å². The van der Waals surface area contributed by atoms with Crippen LogP contribution in [0, 0.1) is 22.7 Å². The first kappa shape index (κ1) is 39.5. The summed E-state index contributed by atoms with van der Waals surface area (Å²) >= 11 is 3.48. The summed E-state index contributed by atoms with van der Waals surface area (Å²) < 4.78 is 3.56. The number of carbonyl (C=O) groups excluding carboxylic acids is 2. The highest BCUT2D eigenvalue weighted by Gasteiger charge is 2.29. The smallest absolute Gasteiger partial charge is 0.331 e. The van der Waals surface area contributed by atoms with Crippen molar-refractivity contribution < 1.29 is 29.4 Å². The van der Waals surface area contributed by atoms with Crippen LogP contribution in [0.3, 0.4) is 0 Å². The lowest BCUT2D eigenvalue weighted by Gasteiger charge is -2.22. The number of halogens is 1. The van der Waals surface area contributed by atoms with Crippen LogP contribution in [0.5, 0.6) is 0 Å². The van der Waals surface area contributed by atoms with E-state index in [4.69, 9.17) is 0 Å². The Morgan fingerprint density at radius 3 is 2.16 bits per heavy atom. The minimum atomic E-state index is -1.44. The zero-order valence-corrected chi connectivity index (χ0v) is 32.2. The molecule has 4 aromatic carbocycles. The molecule has 1 unspecified atom stereocenters. The minimum absolute atomic E-state index is 0.187. The second-order valence-electron chi connectivity index (χ2n) is 13.0. The molecule has 2 aromatic heterocycles. The summed E-state index contributed by atoms with van der Waals surface area (Å²) in [5.41, 5.74) is 2.38. The molecule has 0 bridgehead atoms. The molecule has 57 heavy (non-hydrogen) atoms. The van der Waals surface area contributed by atoms with Gasteiger partial charge in [0.25, 0.3) is 11.8 Å². The fourth-order valence-electron chi connectivity index (χ4n) is 6.75. The van der Waals surface area contributed by atoms with Crippen molar-refractivity contribution in [1.29, 1.82) is 10.5 Å². The zero-order valence-electron chi connectivity index (χ0n) is 30.6. The number of aromatic nitrogens is 2. The highest BCUT2D eigenvalue weighted by atomic mass is 79.9. The van der Waals surface area contributed by atoms with Gasteiger partial charge < -0.3 is 29.6 Å². The molecule has 0 spiro atoms. The number of rotatable bonds is 14. The summed E-state index contributed by atoms with van der Waals surface area (Å²) in [6.07, 6.45) is 7.33. The third-order valence-corrected chi connectivity index (χ3v) is 9.79. The molecule has 0 saturated carbocycles. The van der Waals surface area contributed by atoms with E-state index >= 15 is 0 Å². The number of amides is 2. The Labute approximate surface area is 335 Å². The summed E-state index contributed by atoms with van der Waals surface area (Å²) in [7, 11) is 0. The number of carbonyl (C=O) groups is 4. The van der Waals surface area contributed by atoms with Crippen LogP contribution in [-0.4, -0.2) is 49.6 Å². The average molecular weight is 824 g/mol. The molecule has 0 aliphatic rings. The Hall–Kier alpha value is -7.22. The normalized spacial score (nSPS) is 12.1. The lowest BCUT2D eigenvalue weighted by Crippen LogP contribution is -2.32. The highest BCUT2D eigenvalue weighted by Crippen LogP contribution is 2.37. The Morgan fingerprint density at radius 1 is 0.842 bits per heavy atom. The first-order valence-electron chi connectivity index (χ1n) is 17.9. The lowest BCUT2D eigenvalue weighted by molar-refractivity contribution is -0.139. The second-order valence-corrected chi connectivity index (χ2v) is 14.0. The molecule has 6 aromatic rings. The average Bonchev–Trinajstić information content (AvgIpc) is 3.73. The number of benzene rings is 4. The third-order valence-electron chi connectivity index (χ3n) is 9.29. The molecule has 2 heterocycles. The molecule has 0 aliphatic heterocycles. The summed E-state index contributed by atoms with van der Waals surface area (Å²) in [5, 5.41) is 44.8. The van der Waals surface area contributed by atoms with Crippen molar-refractivity contribution in [2.24, 2.45) is 0 Å². The van der Waals surface area contributed by atoms with Crippen LogP contribution in [0.4, 0.5) is 11.4 Å². The van der Waals surface area contributed by atoms with Crippen LogP contribution < -0.4 is 10.2 Å². The number of unbranched alkanes of at least 4 members (excludes halogenated alkanes) is 1. The quantitative estimate of drug-likeness (QED) is 0.0723. The van der Waals surface area contributed by atoms with Crippen molar-refractivity contribution in [2.45, 2.75) is 32.4 Å². The van der Waals surface area contributed by atoms with Crippen molar-refractivity contribution in [1.82, 2.24) is 9.13 Å². The van der Waals surface area contributed by atoms with E-state index < -0.39 is 36.3 Å². The number of carboxylic acid groups (broad SMARTS) is 2. The zero-order chi connectivity index (χ0) is 40.6. The number of carboxylic acids is 2. The van der Waals surface area contributed by atoms with Gasteiger partial charge in [0, 0.05) is 67.8 Å². The molecule has 1 atom stereocenters. The Morgan fingerprint density at radius 2 is 1.51 bits per heavy atom. The maximum atomic E-state index is 13.9. The van der Waals surface area contributed by atoms with Crippen LogP contribution in [0.2, 0.25) is 0 Å². The number of nitrogens with one attached hydrogen (secondary N) is 1. The standard InChI is InChI=1S/C44H35BrN6O6/c1-2-3-19-50(34-13-8-5-9-14-34)43(55)29(24-47)21-30-25-49(27-39(52)53)40-35(30)15-10-16-36(40)41(44(56)57)51-26-31(37-22-32(45)17-18-38(37)51)20-28(23-46)42(54)48-33-11-6-4-7-12-33/h4-18,20-22,25-26,41H,2-3,19,27H2,1H3,(H,48,54)(H,52,53)(H,56,57).